The first-order valence-electron chi connectivity index (χ1n) is 3.90. The Morgan fingerprint density at radius 2 is 1.93 bits per heavy atom. The van der Waals surface area contributed by atoms with Crippen LogP contribution in [-0.4, -0.2) is 23.9 Å². The zero-order chi connectivity index (χ0) is 10.3. The highest BCUT2D eigenvalue weighted by Crippen LogP contribution is 2.09. The molecule has 1 aromatic heterocycles. The number of para-hydroxylation sites is 1. The number of hydrogen-bond acceptors (Lipinski definition) is 3. The summed E-state index contributed by atoms with van der Waals surface area (Å²) in [4.78, 5) is 11.3. The highest BCUT2D eigenvalue weighted by molar-refractivity contribution is 7.89. The smallest absolute Gasteiger partial charge is 0.267 e. The summed E-state index contributed by atoms with van der Waals surface area (Å²) in [6.45, 7) is 0. The van der Waals surface area contributed by atoms with Gasteiger partial charge in [0.2, 0.25) is 10.0 Å². The van der Waals surface area contributed by atoms with Crippen LogP contribution in [0, 0.1) is 0 Å². The average Bonchev–Trinajstić information content (AvgIpc) is 2.44. The van der Waals surface area contributed by atoms with Gasteiger partial charge in [0, 0.05) is 0 Å². The Hall–Kier alpha value is -1.56. The molecule has 2 rings (SSSR count). The van der Waals surface area contributed by atoms with Crippen LogP contribution in [0.1, 0.15) is 0 Å². The number of H-pyrrole nitrogens is 1. The summed E-state index contributed by atoms with van der Waals surface area (Å²) in [5.74, 6) is 0. The monoisotopic (exact) mass is 212 g/mol. The van der Waals surface area contributed by atoms with E-state index in [9.17, 15) is 13.2 Å². The molecule has 0 saturated carbocycles. The Morgan fingerprint density at radius 3 is 2.57 bits per heavy atom. The van der Waals surface area contributed by atoms with Crippen molar-refractivity contribution in [1.29, 1.82) is 0 Å². The summed E-state index contributed by atoms with van der Waals surface area (Å²) >= 11 is 0. The van der Waals surface area contributed by atoms with Crippen molar-refractivity contribution in [3.63, 3.8) is 0 Å². The molecule has 0 amide bonds. The number of nitrogens with zero attached hydrogens (tertiary/aromatic N) is 1. The van der Waals surface area contributed by atoms with Gasteiger partial charge >= 0.3 is 0 Å². The van der Waals surface area contributed by atoms with Gasteiger partial charge in [-0.05, 0) is 12.1 Å². The van der Waals surface area contributed by atoms with Crippen LogP contribution in [0.3, 0.4) is 0 Å². The molecule has 0 aliphatic carbocycles. The lowest BCUT2D eigenvalue weighted by atomic mass is 10.3. The van der Waals surface area contributed by atoms with Crippen LogP contribution in [0.5, 0.6) is 0 Å². The molecule has 14 heavy (non-hydrogen) atoms. The third kappa shape index (κ3) is 1.24. The van der Waals surface area contributed by atoms with Crippen LogP contribution in [0.25, 0.3) is 10.9 Å². The fourth-order valence-electron chi connectivity index (χ4n) is 1.32. The number of rotatable bonds is 1. The van der Waals surface area contributed by atoms with Crippen molar-refractivity contribution in [3.05, 3.63) is 34.6 Å². The zero-order valence-corrected chi connectivity index (χ0v) is 8.21. The lowest BCUT2D eigenvalue weighted by molar-refractivity contribution is 0.588. The van der Waals surface area contributed by atoms with E-state index in [-0.39, 0.29) is 0 Å². The molecule has 0 atom stereocenters. The van der Waals surface area contributed by atoms with Crippen molar-refractivity contribution in [3.8, 4) is 0 Å². The molecule has 0 fully saturated rings. The Kier molecular flexibility index (Phi) is 1.75. The van der Waals surface area contributed by atoms with Gasteiger partial charge in [-0.3, -0.25) is 4.79 Å². The van der Waals surface area contributed by atoms with Gasteiger partial charge in [-0.15, -0.1) is 0 Å². The third-order valence-electron chi connectivity index (χ3n) is 1.90. The van der Waals surface area contributed by atoms with E-state index >= 15 is 0 Å². The van der Waals surface area contributed by atoms with Gasteiger partial charge in [0.25, 0.3) is 5.56 Å². The molecular weight excluding hydrogens is 204 g/mol. The molecule has 0 unspecified atom stereocenters. The van der Waals surface area contributed by atoms with Crippen molar-refractivity contribution < 1.29 is 8.42 Å². The summed E-state index contributed by atoms with van der Waals surface area (Å²) in [7, 11) is -3.45. The van der Waals surface area contributed by atoms with Crippen LogP contribution in [0.15, 0.2) is 29.1 Å². The third-order valence-corrected chi connectivity index (χ3v) is 2.85. The van der Waals surface area contributed by atoms with Crippen LogP contribution < -0.4 is 5.56 Å². The molecule has 2 aromatic rings. The predicted molar refractivity (Wildman–Crippen MR) is 52.8 cm³/mol. The molecule has 1 heterocycles. The summed E-state index contributed by atoms with van der Waals surface area (Å²) in [5, 5.41) is 2.64. The van der Waals surface area contributed by atoms with E-state index in [0.717, 1.165) is 10.3 Å². The van der Waals surface area contributed by atoms with E-state index in [1.165, 1.54) is 0 Å². The van der Waals surface area contributed by atoms with Crippen molar-refractivity contribution in [1.82, 2.24) is 9.19 Å². The second-order valence-corrected chi connectivity index (χ2v) is 4.82. The van der Waals surface area contributed by atoms with E-state index in [4.69, 9.17) is 0 Å². The Labute approximate surface area is 80.0 Å². The maximum Gasteiger partial charge on any atom is 0.272 e. The Morgan fingerprint density at radius 1 is 1.29 bits per heavy atom. The number of aromatic nitrogens is 2. The van der Waals surface area contributed by atoms with Crippen LogP contribution in [-0.2, 0) is 10.0 Å². The first kappa shape index (κ1) is 9.01. The molecule has 0 saturated heterocycles. The fourth-order valence-corrected chi connectivity index (χ4v) is 2.08. The van der Waals surface area contributed by atoms with Gasteiger partial charge in [0.15, 0.2) is 0 Å². The lowest BCUT2D eigenvalue weighted by Gasteiger charge is -1.98. The number of aromatic amines is 1. The maximum atomic E-state index is 11.3. The van der Waals surface area contributed by atoms with Crippen LogP contribution >= 0.6 is 0 Å². The topological polar surface area (TPSA) is 71.9 Å². The molecule has 5 nitrogen and oxygen atoms in total. The normalized spacial score (nSPS) is 12.1. The number of fused-ring (bicyclic) bond motifs is 1. The van der Waals surface area contributed by atoms with Crippen molar-refractivity contribution >= 4 is 20.9 Å². The molecule has 0 spiro atoms. The quantitative estimate of drug-likeness (QED) is 0.730. The minimum atomic E-state index is -3.45. The van der Waals surface area contributed by atoms with Crippen molar-refractivity contribution in [2.45, 2.75) is 0 Å². The zero-order valence-electron chi connectivity index (χ0n) is 7.39. The van der Waals surface area contributed by atoms with E-state index < -0.39 is 15.6 Å². The van der Waals surface area contributed by atoms with E-state index in [1.807, 2.05) is 0 Å². The number of hydrogen-bond donors (Lipinski definition) is 1. The fraction of sp³-hybridized carbons (Fsp3) is 0.125. The molecule has 6 heteroatoms. The first-order valence-corrected chi connectivity index (χ1v) is 5.75. The summed E-state index contributed by atoms with van der Waals surface area (Å²) < 4.78 is 23.4. The van der Waals surface area contributed by atoms with Gasteiger partial charge < -0.3 is 0 Å². The molecule has 1 N–H and O–H groups in total. The van der Waals surface area contributed by atoms with Gasteiger partial charge in [-0.25, -0.2) is 13.5 Å². The minimum absolute atomic E-state index is 0.373. The highest BCUT2D eigenvalue weighted by atomic mass is 32.2. The molecular formula is C8H8N2O3S. The summed E-state index contributed by atoms with van der Waals surface area (Å²) in [5.41, 5.74) is -0.0222. The Balaban J connectivity index is 3.01. The molecule has 0 aliphatic heterocycles. The minimum Gasteiger partial charge on any atom is -0.267 e. The summed E-state index contributed by atoms with van der Waals surface area (Å²) in [6.07, 6.45) is 1.04. The SMILES string of the molecule is CS(=O)(=O)n1[nH]c(=O)c2ccccc21. The van der Waals surface area contributed by atoms with Gasteiger partial charge in [0.1, 0.15) is 0 Å². The maximum absolute atomic E-state index is 11.3. The standard InChI is InChI=1S/C8H8N2O3S/c1-14(12,13)10-7-5-3-2-4-6(7)8(11)9-10/h2-5H,1H3,(H,9,11). The summed E-state index contributed by atoms with van der Waals surface area (Å²) in [6, 6.07) is 6.52. The number of benzene rings is 1. The van der Waals surface area contributed by atoms with Crippen molar-refractivity contribution in [2.24, 2.45) is 0 Å². The van der Waals surface area contributed by atoms with E-state index in [1.54, 1.807) is 24.3 Å². The molecule has 74 valence electrons. The van der Waals surface area contributed by atoms with Crippen LogP contribution in [0.2, 0.25) is 0 Å². The van der Waals surface area contributed by atoms with Crippen molar-refractivity contribution in [2.75, 3.05) is 6.26 Å². The second kappa shape index (κ2) is 2.71. The van der Waals surface area contributed by atoms with E-state index in [0.29, 0.717) is 10.9 Å². The van der Waals surface area contributed by atoms with Gasteiger partial charge in [-0.1, -0.05) is 12.1 Å². The second-order valence-electron chi connectivity index (χ2n) is 2.99. The van der Waals surface area contributed by atoms with Gasteiger partial charge in [-0.2, -0.15) is 4.09 Å². The first-order chi connectivity index (χ1) is 6.50. The number of nitrogens with one attached hydrogen (secondary N) is 1. The molecule has 1 aromatic carbocycles. The highest BCUT2D eigenvalue weighted by Gasteiger charge is 2.12. The molecule has 0 bridgehead atoms. The largest absolute Gasteiger partial charge is 0.272 e. The Bertz CT molecular complexity index is 636. The molecule has 0 aliphatic rings. The predicted octanol–water partition coefficient (Wildman–Crippen LogP) is 0.137. The molecule has 0 radical (unpaired) electrons. The average molecular weight is 212 g/mol. The van der Waals surface area contributed by atoms with Gasteiger partial charge in [0.05, 0.1) is 17.2 Å². The lowest BCUT2D eigenvalue weighted by Crippen LogP contribution is -2.14. The van der Waals surface area contributed by atoms with E-state index in [2.05, 4.69) is 5.10 Å². The van der Waals surface area contributed by atoms with Crippen LogP contribution in [0.4, 0.5) is 0 Å².